The van der Waals surface area contributed by atoms with E-state index >= 15 is 0 Å². The Balaban J connectivity index is 2.71. The monoisotopic (exact) mass is 316 g/mol. The summed E-state index contributed by atoms with van der Waals surface area (Å²) >= 11 is 0. The van der Waals surface area contributed by atoms with Gasteiger partial charge in [-0.05, 0) is 43.2 Å². The topological polar surface area (TPSA) is 52.6 Å². The minimum Gasteiger partial charge on any atom is -0.424 e. The van der Waals surface area contributed by atoms with Crippen LogP contribution < -0.4 is 4.74 Å². The Morgan fingerprint density at radius 1 is 1.22 bits per heavy atom. The van der Waals surface area contributed by atoms with Gasteiger partial charge in [0, 0.05) is 12.2 Å². The van der Waals surface area contributed by atoms with Crippen molar-refractivity contribution in [3.8, 4) is 5.75 Å². The number of carbonyl (C=O) groups excluding carboxylic acids is 2. The average Bonchev–Trinajstić information content (AvgIpc) is 2.55. The molecule has 0 heterocycles. The molecule has 23 heavy (non-hydrogen) atoms. The van der Waals surface area contributed by atoms with Crippen molar-refractivity contribution in [3.63, 3.8) is 0 Å². The molecule has 0 atom stereocenters. The Hall–Kier alpha value is -2.95. The van der Waals surface area contributed by atoms with Gasteiger partial charge in [0.2, 0.25) is 0 Å². The first-order chi connectivity index (χ1) is 11.0. The first kappa shape index (κ1) is 18.1. The van der Waals surface area contributed by atoms with E-state index in [0.717, 1.165) is 12.2 Å². The zero-order valence-electron chi connectivity index (χ0n) is 12.8. The van der Waals surface area contributed by atoms with Gasteiger partial charge in [-0.2, -0.15) is 0 Å². The van der Waals surface area contributed by atoms with Crippen molar-refractivity contribution < 1.29 is 23.5 Å². The molecule has 0 fully saturated rings. The molecule has 4 nitrogen and oxygen atoms in total. The second-order valence-electron chi connectivity index (χ2n) is 4.31. The number of rotatable bonds is 7. The molecule has 0 saturated heterocycles. The zero-order chi connectivity index (χ0) is 17.2. The summed E-state index contributed by atoms with van der Waals surface area (Å²) in [7, 11) is 0. The molecule has 0 amide bonds. The first-order valence-corrected chi connectivity index (χ1v) is 6.80. The number of ether oxygens (including phenoxy) is 2. The van der Waals surface area contributed by atoms with Crippen LogP contribution in [0.5, 0.6) is 5.75 Å². The summed E-state index contributed by atoms with van der Waals surface area (Å²) in [5.74, 6) is -1.71. The highest BCUT2D eigenvalue weighted by Gasteiger charge is 2.07. The van der Waals surface area contributed by atoms with E-state index in [9.17, 15) is 14.0 Å². The Morgan fingerprint density at radius 3 is 2.48 bits per heavy atom. The lowest BCUT2D eigenvalue weighted by molar-refractivity contribution is -0.133. The summed E-state index contributed by atoms with van der Waals surface area (Å²) in [5.41, 5.74) is 0.669. The largest absolute Gasteiger partial charge is 0.424 e. The minimum atomic E-state index is -0.724. The maximum Gasteiger partial charge on any atom is 0.335 e. The molecule has 0 aliphatic heterocycles. The van der Waals surface area contributed by atoms with Gasteiger partial charge in [0.05, 0.1) is 0 Å². The van der Waals surface area contributed by atoms with Crippen LogP contribution in [0.25, 0.3) is 0 Å². The van der Waals surface area contributed by atoms with E-state index in [-0.39, 0.29) is 5.75 Å². The van der Waals surface area contributed by atoms with E-state index < -0.39 is 17.8 Å². The number of esters is 2. The average molecular weight is 316 g/mol. The predicted molar refractivity (Wildman–Crippen MR) is 85.1 cm³/mol. The smallest absolute Gasteiger partial charge is 0.335 e. The van der Waals surface area contributed by atoms with Crippen LogP contribution in [0.4, 0.5) is 4.39 Å². The maximum atomic E-state index is 13.8. The van der Waals surface area contributed by atoms with Gasteiger partial charge in [0.1, 0.15) is 5.76 Å². The van der Waals surface area contributed by atoms with Gasteiger partial charge in [-0.1, -0.05) is 25.3 Å². The van der Waals surface area contributed by atoms with E-state index in [1.54, 1.807) is 31.2 Å². The lowest BCUT2D eigenvalue weighted by atomic mass is 10.1. The van der Waals surface area contributed by atoms with Gasteiger partial charge < -0.3 is 9.47 Å². The predicted octanol–water partition coefficient (Wildman–Crippen LogP) is 3.65. The Bertz CT molecular complexity index is 672. The molecular formula is C18H17FO4. The van der Waals surface area contributed by atoms with E-state index in [1.165, 1.54) is 12.1 Å². The molecule has 0 bridgehead atoms. The Labute approximate surface area is 134 Å². The van der Waals surface area contributed by atoms with Crippen LogP contribution in [0, 0.1) is 5.82 Å². The first-order valence-electron chi connectivity index (χ1n) is 6.80. The molecule has 1 aromatic carbocycles. The highest BCUT2D eigenvalue weighted by Crippen LogP contribution is 2.19. The number of carbonyl (C=O) groups is 2. The number of halogens is 1. The van der Waals surface area contributed by atoms with Crippen molar-refractivity contribution in [2.45, 2.75) is 13.3 Å². The SMILES string of the molecule is C=CC(=O)OC(/C=C\Cc1ccc(OC(=O)C=C)c(F)c1)=C/C. The third-order valence-corrected chi connectivity index (χ3v) is 2.68. The quantitative estimate of drug-likeness (QED) is 0.253. The molecule has 1 rings (SSSR count). The van der Waals surface area contributed by atoms with Crippen LogP contribution >= 0.6 is 0 Å². The van der Waals surface area contributed by atoms with Crippen molar-refractivity contribution in [1.82, 2.24) is 0 Å². The van der Waals surface area contributed by atoms with Gasteiger partial charge in [0.25, 0.3) is 0 Å². The lowest BCUT2D eigenvalue weighted by Crippen LogP contribution is -2.04. The van der Waals surface area contributed by atoms with Crippen LogP contribution in [0.15, 0.2) is 67.5 Å². The van der Waals surface area contributed by atoms with Crippen LogP contribution in [0.3, 0.4) is 0 Å². The summed E-state index contributed by atoms with van der Waals surface area (Å²) in [4.78, 5) is 22.1. The van der Waals surface area contributed by atoms with E-state index in [0.29, 0.717) is 17.7 Å². The summed E-state index contributed by atoms with van der Waals surface area (Å²) in [5, 5.41) is 0. The maximum absolute atomic E-state index is 13.8. The van der Waals surface area contributed by atoms with Crippen molar-refractivity contribution in [3.05, 3.63) is 78.9 Å². The van der Waals surface area contributed by atoms with E-state index in [1.807, 2.05) is 0 Å². The molecule has 120 valence electrons. The van der Waals surface area contributed by atoms with Gasteiger partial charge in [-0.15, -0.1) is 0 Å². The molecular weight excluding hydrogens is 299 g/mol. The molecule has 0 unspecified atom stereocenters. The van der Waals surface area contributed by atoms with Gasteiger partial charge in [-0.3, -0.25) is 0 Å². The van der Waals surface area contributed by atoms with Crippen LogP contribution in [0.1, 0.15) is 12.5 Å². The highest BCUT2D eigenvalue weighted by molar-refractivity contribution is 5.83. The molecule has 0 saturated carbocycles. The number of hydrogen-bond acceptors (Lipinski definition) is 4. The van der Waals surface area contributed by atoms with Gasteiger partial charge in [-0.25, -0.2) is 14.0 Å². The fraction of sp³-hybridized carbons (Fsp3) is 0.111. The summed E-state index contributed by atoms with van der Waals surface area (Å²) < 4.78 is 23.5. The normalized spacial score (nSPS) is 11.1. The standard InChI is InChI=1S/C18H17FO4/c1-4-14(22-17(20)5-2)9-7-8-13-10-11-16(15(19)12-13)23-18(21)6-3/h4-7,9-12H,2-3,8H2,1H3/b9-7-,14-4+. The number of benzene rings is 1. The Kier molecular flexibility index (Phi) is 7.20. The number of hydrogen-bond donors (Lipinski definition) is 0. The van der Waals surface area contributed by atoms with Crippen molar-refractivity contribution in [1.29, 1.82) is 0 Å². The molecule has 0 spiro atoms. The van der Waals surface area contributed by atoms with Crippen LogP contribution in [-0.2, 0) is 20.7 Å². The summed E-state index contributed by atoms with van der Waals surface area (Å²) in [6.45, 7) is 8.27. The molecule has 0 N–H and O–H groups in total. The van der Waals surface area contributed by atoms with E-state index in [4.69, 9.17) is 9.47 Å². The molecule has 0 aliphatic carbocycles. The van der Waals surface area contributed by atoms with Crippen molar-refractivity contribution >= 4 is 11.9 Å². The minimum absolute atomic E-state index is 0.156. The molecule has 0 aliphatic rings. The van der Waals surface area contributed by atoms with Crippen molar-refractivity contribution in [2.75, 3.05) is 0 Å². The zero-order valence-corrected chi connectivity index (χ0v) is 12.8. The fourth-order valence-electron chi connectivity index (χ4n) is 1.56. The lowest BCUT2D eigenvalue weighted by Gasteiger charge is -2.05. The van der Waals surface area contributed by atoms with Gasteiger partial charge in [0.15, 0.2) is 11.6 Å². The molecule has 1 aromatic rings. The molecule has 0 aromatic heterocycles. The summed E-state index contributed by atoms with van der Waals surface area (Å²) in [6.07, 6.45) is 7.38. The fourth-order valence-corrected chi connectivity index (χ4v) is 1.56. The van der Waals surface area contributed by atoms with Crippen LogP contribution in [-0.4, -0.2) is 11.9 Å². The van der Waals surface area contributed by atoms with Crippen molar-refractivity contribution in [2.24, 2.45) is 0 Å². The van der Waals surface area contributed by atoms with Crippen LogP contribution in [0.2, 0.25) is 0 Å². The Morgan fingerprint density at radius 2 is 1.91 bits per heavy atom. The second-order valence-corrected chi connectivity index (χ2v) is 4.31. The molecule has 0 radical (unpaired) electrons. The van der Waals surface area contributed by atoms with Gasteiger partial charge >= 0.3 is 11.9 Å². The third-order valence-electron chi connectivity index (χ3n) is 2.68. The third kappa shape index (κ3) is 6.13. The highest BCUT2D eigenvalue weighted by atomic mass is 19.1. The molecule has 5 heteroatoms. The summed E-state index contributed by atoms with van der Waals surface area (Å²) in [6, 6.07) is 4.26. The second kappa shape index (κ2) is 9.15. The number of allylic oxidation sites excluding steroid dienone is 3. The van der Waals surface area contributed by atoms with E-state index in [2.05, 4.69) is 13.2 Å².